The van der Waals surface area contributed by atoms with Crippen molar-refractivity contribution in [2.24, 2.45) is 0 Å². The second-order valence-corrected chi connectivity index (χ2v) is 30.2. The minimum absolute atomic E-state index is 0.0411. The summed E-state index contributed by atoms with van der Waals surface area (Å²) in [7, 11) is -1.35. The monoisotopic (exact) mass is 814 g/mol. The van der Waals surface area contributed by atoms with Crippen molar-refractivity contribution in [3.8, 4) is 22.4 Å². The highest BCUT2D eigenvalue weighted by atomic mass is 28.3. The maximum atomic E-state index is 14.2. The van der Waals surface area contributed by atoms with Crippen molar-refractivity contribution < 1.29 is 28.5 Å². The van der Waals surface area contributed by atoms with Crippen LogP contribution in [0.1, 0.15) is 68.4 Å². The fourth-order valence-electron chi connectivity index (χ4n) is 7.70. The number of methoxy groups -OCH3 is 1. The van der Waals surface area contributed by atoms with Crippen LogP contribution in [0.15, 0.2) is 54.9 Å². The van der Waals surface area contributed by atoms with Gasteiger partial charge in [-0.15, -0.1) is 0 Å². The Balaban J connectivity index is 1.47. The highest BCUT2D eigenvalue weighted by Crippen LogP contribution is 2.46. The fourth-order valence-corrected chi connectivity index (χ4v) is 9.21. The number of nitrogens with zero attached hydrogens (tertiary/aromatic N) is 6. The van der Waals surface area contributed by atoms with Crippen LogP contribution >= 0.6 is 0 Å². The van der Waals surface area contributed by atoms with Gasteiger partial charge in [-0.3, -0.25) is 4.98 Å². The summed E-state index contributed by atoms with van der Waals surface area (Å²) in [5, 5.41) is 4.92. The molecule has 2 aliphatic rings. The summed E-state index contributed by atoms with van der Waals surface area (Å²) >= 11 is 0. The van der Waals surface area contributed by atoms with Crippen LogP contribution in [-0.4, -0.2) is 104 Å². The highest BCUT2D eigenvalue weighted by Gasteiger charge is 2.47. The molecule has 2 unspecified atom stereocenters. The van der Waals surface area contributed by atoms with Gasteiger partial charge in [-0.1, -0.05) is 75.7 Å². The average Bonchev–Trinajstić information content (AvgIpc) is 3.69. The van der Waals surface area contributed by atoms with Gasteiger partial charge in [0.15, 0.2) is 11.5 Å². The van der Waals surface area contributed by atoms with Gasteiger partial charge in [0.1, 0.15) is 24.6 Å². The third-order valence-electron chi connectivity index (χ3n) is 10.7. The summed E-state index contributed by atoms with van der Waals surface area (Å²) in [5.41, 5.74) is 4.50. The lowest BCUT2D eigenvalue weighted by atomic mass is 9.86. The third kappa shape index (κ3) is 10.5. The molecular weight excluding hydrogens is 753 g/mol. The van der Waals surface area contributed by atoms with E-state index in [9.17, 15) is 9.59 Å². The van der Waals surface area contributed by atoms with Crippen LogP contribution in [0.3, 0.4) is 0 Å². The number of carbonyl (C=O) groups excluding carboxylic acids is 2. The van der Waals surface area contributed by atoms with Crippen molar-refractivity contribution in [3.63, 3.8) is 0 Å². The van der Waals surface area contributed by atoms with E-state index in [1.165, 1.54) is 7.11 Å². The van der Waals surface area contributed by atoms with Gasteiger partial charge in [0.25, 0.3) is 0 Å². The third-order valence-corrected chi connectivity index (χ3v) is 14.1. The maximum Gasteiger partial charge on any atom is 0.410 e. The minimum Gasteiger partial charge on any atom is -0.465 e. The lowest BCUT2D eigenvalue weighted by Crippen LogP contribution is -2.48. The lowest BCUT2D eigenvalue weighted by Gasteiger charge is -2.40. The van der Waals surface area contributed by atoms with Crippen molar-refractivity contribution in [2.45, 2.75) is 121 Å². The topological polar surface area (TPSA) is 121 Å². The Bertz CT molecular complexity index is 1970. The molecular formula is C43H62N6O6Si2. The van der Waals surface area contributed by atoms with E-state index in [1.807, 2.05) is 79.2 Å². The summed E-state index contributed by atoms with van der Waals surface area (Å²) in [6.45, 7) is 21.2. The van der Waals surface area contributed by atoms with Gasteiger partial charge in [-0.25, -0.2) is 14.6 Å². The zero-order chi connectivity index (χ0) is 41.1. The molecule has 4 aromatic rings. The first-order valence-electron chi connectivity index (χ1n) is 20.4. The van der Waals surface area contributed by atoms with Crippen LogP contribution in [0.2, 0.25) is 51.4 Å². The number of aromatic nitrogens is 4. The predicted molar refractivity (Wildman–Crippen MR) is 230 cm³/mol. The lowest BCUT2D eigenvalue weighted by molar-refractivity contribution is 0.00554. The molecule has 0 aliphatic carbocycles. The molecule has 1 aromatic carbocycles. The molecule has 2 bridgehead atoms. The average molecular weight is 815 g/mol. The maximum absolute atomic E-state index is 14.2. The number of ether oxygens (including phenoxy) is 4. The van der Waals surface area contributed by atoms with E-state index in [1.54, 1.807) is 10.7 Å². The van der Waals surface area contributed by atoms with E-state index in [-0.39, 0.29) is 37.6 Å². The summed E-state index contributed by atoms with van der Waals surface area (Å²) in [5.74, 6) is -0.121. The first-order chi connectivity index (χ1) is 26.9. The molecule has 3 aromatic heterocycles. The van der Waals surface area contributed by atoms with Crippen molar-refractivity contribution in [3.05, 3.63) is 66.1 Å². The highest BCUT2D eigenvalue weighted by molar-refractivity contribution is 6.76. The molecule has 1 amide bonds. The van der Waals surface area contributed by atoms with Gasteiger partial charge >= 0.3 is 12.1 Å². The number of pyridine rings is 1. The fraction of sp³-hybridized carbons (Fsp3) is 0.558. The Hall–Kier alpha value is -4.12. The van der Waals surface area contributed by atoms with Crippen molar-refractivity contribution in [1.82, 2.24) is 24.5 Å². The van der Waals surface area contributed by atoms with Gasteiger partial charge in [-0.05, 0) is 64.6 Å². The van der Waals surface area contributed by atoms with Crippen LogP contribution in [0.5, 0.6) is 0 Å². The molecule has 2 saturated heterocycles. The van der Waals surface area contributed by atoms with Crippen molar-refractivity contribution in [1.29, 1.82) is 0 Å². The van der Waals surface area contributed by atoms with Gasteiger partial charge in [0.2, 0.25) is 0 Å². The number of hydrogen-bond donors (Lipinski definition) is 0. The van der Waals surface area contributed by atoms with E-state index in [0.717, 1.165) is 47.3 Å². The molecule has 2 atom stereocenters. The zero-order valence-electron chi connectivity index (χ0n) is 35.6. The van der Waals surface area contributed by atoms with Crippen LogP contribution in [0, 0.1) is 0 Å². The van der Waals surface area contributed by atoms with Gasteiger partial charge < -0.3 is 28.7 Å². The molecule has 308 valence electrons. The summed E-state index contributed by atoms with van der Waals surface area (Å²) < 4.78 is 26.0. The molecule has 2 fully saturated rings. The molecule has 0 spiro atoms. The number of benzene rings is 1. The van der Waals surface area contributed by atoms with E-state index < -0.39 is 27.7 Å². The standard InChI is InChI=1S/C43H62N6O6Si2/c1-43(2,3)55-42(51)48-33-17-18-34(48)25-32(24-33)38-37(41(50)52-4)40(47(28-53-20-22-56(5,6)7)29-54-21-23-57(8,9)10)49-39(46-38)35(27-45-49)31-16-19-36(44-26-31)30-14-12-11-13-15-30/h11-16,19,26-27,32-34H,17-18,20-25,28-29H2,1-10H3. The number of piperidine rings is 1. The van der Waals surface area contributed by atoms with E-state index >= 15 is 0 Å². The van der Waals surface area contributed by atoms with Crippen LogP contribution < -0.4 is 4.90 Å². The molecule has 12 nitrogen and oxygen atoms in total. The minimum atomic E-state index is -1.38. The molecule has 2 aliphatic heterocycles. The molecule has 14 heteroatoms. The Labute approximate surface area is 340 Å². The van der Waals surface area contributed by atoms with E-state index in [2.05, 4.69) is 39.3 Å². The Morgan fingerprint density at radius 2 is 1.46 bits per heavy atom. The Morgan fingerprint density at radius 3 is 1.98 bits per heavy atom. The summed E-state index contributed by atoms with van der Waals surface area (Å²) in [6.07, 6.45) is 6.36. The largest absolute Gasteiger partial charge is 0.465 e. The number of esters is 1. The summed E-state index contributed by atoms with van der Waals surface area (Å²) in [4.78, 5) is 41.8. The van der Waals surface area contributed by atoms with Gasteiger partial charge in [-0.2, -0.15) is 9.61 Å². The molecule has 5 heterocycles. The first kappa shape index (κ1) is 42.5. The number of anilines is 1. The first-order valence-corrected chi connectivity index (χ1v) is 27.8. The number of fused-ring (bicyclic) bond motifs is 3. The normalized spacial score (nSPS) is 18.6. The Kier molecular flexibility index (Phi) is 13.0. The predicted octanol–water partition coefficient (Wildman–Crippen LogP) is 9.32. The molecule has 0 radical (unpaired) electrons. The SMILES string of the molecule is COC(=O)c1c(C2CC3CCC(C2)N3C(=O)OC(C)(C)C)nc2c(-c3ccc(-c4ccccc4)nc3)cnn2c1N(COCC[Si](C)(C)C)COCC[Si](C)(C)C. The van der Waals surface area contributed by atoms with Gasteiger partial charge in [0, 0.05) is 70.3 Å². The zero-order valence-corrected chi connectivity index (χ0v) is 37.6. The quantitative estimate of drug-likeness (QED) is 0.0497. The second kappa shape index (κ2) is 17.4. The molecule has 57 heavy (non-hydrogen) atoms. The second-order valence-electron chi connectivity index (χ2n) is 19.0. The smallest absolute Gasteiger partial charge is 0.410 e. The van der Waals surface area contributed by atoms with Crippen molar-refractivity contribution >= 4 is 39.7 Å². The van der Waals surface area contributed by atoms with Crippen LogP contribution in [0.25, 0.3) is 28.0 Å². The molecule has 6 rings (SSSR count). The summed E-state index contributed by atoms with van der Waals surface area (Å²) in [6, 6.07) is 16.0. The van der Waals surface area contributed by atoms with E-state index in [0.29, 0.717) is 48.8 Å². The number of amides is 1. The number of carbonyl (C=O) groups is 2. The van der Waals surface area contributed by atoms with E-state index in [4.69, 9.17) is 34.0 Å². The van der Waals surface area contributed by atoms with Crippen molar-refractivity contribution in [2.75, 3.05) is 38.7 Å². The molecule has 0 N–H and O–H groups in total. The Morgan fingerprint density at radius 1 is 0.842 bits per heavy atom. The molecule has 0 saturated carbocycles. The number of rotatable bonds is 15. The number of hydrogen-bond acceptors (Lipinski definition) is 10. The van der Waals surface area contributed by atoms with Crippen LogP contribution in [-0.2, 0) is 18.9 Å². The van der Waals surface area contributed by atoms with Crippen LogP contribution in [0.4, 0.5) is 10.6 Å². The van der Waals surface area contributed by atoms with Gasteiger partial charge in [0.05, 0.1) is 24.7 Å².